The fraction of sp³-hybridized carbons (Fsp3) is 0.333. The number of rotatable bonds is 5. The number of nitrogens with zero attached hydrogens (tertiary/aromatic N) is 2. The van der Waals surface area contributed by atoms with Crippen LogP contribution in [-0.4, -0.2) is 28.2 Å². The maximum Gasteiger partial charge on any atom is 0.249 e. The van der Waals surface area contributed by atoms with Crippen LogP contribution in [0, 0.1) is 0 Å². The SMILES string of the molecule is CC(NC(=O)C1CCCO1)c1nc2ccccc2n1Cc1c(Cl)cccc1Cl. The lowest BCUT2D eigenvalue weighted by atomic mass is 10.2. The summed E-state index contributed by atoms with van der Waals surface area (Å²) in [5.74, 6) is 0.655. The number of carbonyl (C=O) groups excluding carboxylic acids is 1. The highest BCUT2D eigenvalue weighted by atomic mass is 35.5. The lowest BCUT2D eigenvalue weighted by molar-refractivity contribution is -0.130. The second-order valence-electron chi connectivity index (χ2n) is 6.98. The normalized spacial score (nSPS) is 17.8. The maximum atomic E-state index is 12.5. The average Bonchev–Trinajstić information content (AvgIpc) is 3.33. The first-order chi connectivity index (χ1) is 13.5. The number of benzene rings is 2. The van der Waals surface area contributed by atoms with Crippen LogP contribution in [0.15, 0.2) is 42.5 Å². The molecule has 28 heavy (non-hydrogen) atoms. The van der Waals surface area contributed by atoms with Crippen molar-refractivity contribution in [2.24, 2.45) is 0 Å². The molecular weight excluding hydrogens is 397 g/mol. The fourth-order valence-electron chi connectivity index (χ4n) is 3.59. The van der Waals surface area contributed by atoms with Crippen LogP contribution < -0.4 is 5.32 Å². The minimum absolute atomic E-state index is 0.0978. The van der Waals surface area contributed by atoms with Crippen LogP contribution in [0.3, 0.4) is 0 Å². The van der Waals surface area contributed by atoms with E-state index in [2.05, 4.69) is 9.88 Å². The number of hydrogen-bond donors (Lipinski definition) is 1. The van der Waals surface area contributed by atoms with E-state index in [9.17, 15) is 4.79 Å². The van der Waals surface area contributed by atoms with E-state index in [1.165, 1.54) is 0 Å². The van der Waals surface area contributed by atoms with Gasteiger partial charge in [0.15, 0.2) is 0 Å². The fourth-order valence-corrected chi connectivity index (χ4v) is 4.10. The molecule has 1 saturated heterocycles. The lowest BCUT2D eigenvalue weighted by Gasteiger charge is -2.19. The summed E-state index contributed by atoms with van der Waals surface area (Å²) >= 11 is 12.8. The number of para-hydroxylation sites is 2. The Bertz CT molecular complexity index is 992. The largest absolute Gasteiger partial charge is 0.368 e. The minimum atomic E-state index is -0.377. The van der Waals surface area contributed by atoms with E-state index in [-0.39, 0.29) is 18.1 Å². The van der Waals surface area contributed by atoms with Crippen LogP contribution in [0.4, 0.5) is 0 Å². The molecule has 1 aromatic heterocycles. The third-order valence-corrected chi connectivity index (χ3v) is 5.74. The molecule has 1 N–H and O–H groups in total. The molecule has 146 valence electrons. The van der Waals surface area contributed by atoms with Crippen molar-refractivity contribution in [3.63, 3.8) is 0 Å². The van der Waals surface area contributed by atoms with Crippen LogP contribution in [0.5, 0.6) is 0 Å². The van der Waals surface area contributed by atoms with Crippen LogP contribution in [0.1, 0.15) is 37.2 Å². The van der Waals surface area contributed by atoms with Crippen molar-refractivity contribution in [2.45, 2.75) is 38.5 Å². The molecule has 1 fully saturated rings. The Morgan fingerprint density at radius 1 is 1.25 bits per heavy atom. The zero-order valence-corrected chi connectivity index (χ0v) is 17.0. The molecule has 2 aromatic carbocycles. The molecule has 0 aliphatic carbocycles. The Hall–Kier alpha value is -2.08. The van der Waals surface area contributed by atoms with E-state index in [4.69, 9.17) is 32.9 Å². The minimum Gasteiger partial charge on any atom is -0.368 e. The maximum absolute atomic E-state index is 12.5. The summed E-state index contributed by atoms with van der Waals surface area (Å²) in [6.07, 6.45) is 1.29. The molecule has 4 rings (SSSR count). The molecule has 1 amide bonds. The molecular formula is C21H21Cl2N3O2. The molecule has 1 aliphatic rings. The van der Waals surface area contributed by atoms with Gasteiger partial charge in [0.2, 0.25) is 5.91 Å². The van der Waals surface area contributed by atoms with Gasteiger partial charge in [-0.15, -0.1) is 0 Å². The van der Waals surface area contributed by atoms with E-state index in [1.54, 1.807) is 0 Å². The van der Waals surface area contributed by atoms with Crippen LogP contribution in [0.25, 0.3) is 11.0 Å². The van der Waals surface area contributed by atoms with Gasteiger partial charge in [0.1, 0.15) is 11.9 Å². The number of hydrogen-bond acceptors (Lipinski definition) is 3. The number of carbonyl (C=O) groups is 1. The average molecular weight is 418 g/mol. The van der Waals surface area contributed by atoms with E-state index in [0.29, 0.717) is 23.2 Å². The number of aromatic nitrogens is 2. The van der Waals surface area contributed by atoms with Crippen molar-refractivity contribution >= 4 is 40.1 Å². The highest BCUT2D eigenvalue weighted by molar-refractivity contribution is 6.36. The molecule has 2 atom stereocenters. The zero-order valence-electron chi connectivity index (χ0n) is 15.5. The monoisotopic (exact) mass is 417 g/mol. The van der Waals surface area contributed by atoms with E-state index in [0.717, 1.165) is 35.3 Å². The summed E-state index contributed by atoms with van der Waals surface area (Å²) in [5, 5.41) is 4.25. The topological polar surface area (TPSA) is 56.1 Å². The highest BCUT2D eigenvalue weighted by Gasteiger charge is 2.27. The molecule has 0 saturated carbocycles. The highest BCUT2D eigenvalue weighted by Crippen LogP contribution is 2.29. The number of nitrogens with one attached hydrogen (secondary N) is 1. The molecule has 7 heteroatoms. The van der Waals surface area contributed by atoms with Gasteiger partial charge in [0, 0.05) is 22.2 Å². The summed E-state index contributed by atoms with van der Waals surface area (Å²) in [6.45, 7) is 3.03. The van der Waals surface area contributed by atoms with Crippen molar-refractivity contribution in [2.75, 3.05) is 6.61 Å². The molecule has 0 bridgehead atoms. The summed E-state index contributed by atoms with van der Waals surface area (Å²) in [5.41, 5.74) is 2.65. The second-order valence-corrected chi connectivity index (χ2v) is 7.79. The smallest absolute Gasteiger partial charge is 0.249 e. The molecule has 2 heterocycles. The predicted octanol–water partition coefficient (Wildman–Crippen LogP) is 4.75. The van der Waals surface area contributed by atoms with E-state index >= 15 is 0 Å². The Morgan fingerprint density at radius 3 is 2.71 bits per heavy atom. The number of fused-ring (bicyclic) bond motifs is 1. The first-order valence-electron chi connectivity index (χ1n) is 9.34. The quantitative estimate of drug-likeness (QED) is 0.651. The Kier molecular flexibility index (Phi) is 5.58. The molecule has 2 unspecified atom stereocenters. The summed E-state index contributed by atoms with van der Waals surface area (Å²) < 4.78 is 7.55. The lowest BCUT2D eigenvalue weighted by Crippen LogP contribution is -2.36. The number of amides is 1. The number of imidazole rings is 1. The molecule has 0 radical (unpaired) electrons. The first kappa shape index (κ1) is 19.2. The van der Waals surface area contributed by atoms with Gasteiger partial charge in [-0.25, -0.2) is 4.98 Å². The predicted molar refractivity (Wildman–Crippen MR) is 111 cm³/mol. The molecule has 5 nitrogen and oxygen atoms in total. The summed E-state index contributed by atoms with van der Waals surface area (Å²) in [4.78, 5) is 17.3. The van der Waals surface area contributed by atoms with Gasteiger partial charge in [0.05, 0.1) is 23.6 Å². The Balaban J connectivity index is 1.69. The van der Waals surface area contributed by atoms with Crippen molar-refractivity contribution in [1.29, 1.82) is 0 Å². The van der Waals surface area contributed by atoms with Crippen molar-refractivity contribution < 1.29 is 9.53 Å². The molecule has 1 aliphatic heterocycles. The summed E-state index contributed by atoms with van der Waals surface area (Å²) in [6, 6.07) is 13.1. The van der Waals surface area contributed by atoms with Crippen LogP contribution >= 0.6 is 23.2 Å². The van der Waals surface area contributed by atoms with Gasteiger partial charge in [-0.3, -0.25) is 4.79 Å². The standard InChI is InChI=1S/C21H21Cl2N3O2/c1-13(24-21(27)19-10-5-11-28-19)20-25-17-8-2-3-9-18(17)26(20)12-14-15(22)6-4-7-16(14)23/h2-4,6-9,13,19H,5,10-12H2,1H3,(H,24,27). The molecule has 3 aromatic rings. The van der Waals surface area contributed by atoms with Gasteiger partial charge in [-0.1, -0.05) is 41.4 Å². The van der Waals surface area contributed by atoms with Gasteiger partial charge in [-0.2, -0.15) is 0 Å². The third kappa shape index (κ3) is 3.75. The van der Waals surface area contributed by atoms with Gasteiger partial charge < -0.3 is 14.6 Å². The number of ether oxygens (including phenoxy) is 1. The number of halogens is 2. The third-order valence-electron chi connectivity index (χ3n) is 5.03. The summed E-state index contributed by atoms with van der Waals surface area (Å²) in [7, 11) is 0. The van der Waals surface area contributed by atoms with Gasteiger partial charge >= 0.3 is 0 Å². The van der Waals surface area contributed by atoms with E-state index < -0.39 is 0 Å². The Morgan fingerprint density at radius 2 is 2.00 bits per heavy atom. The molecule has 0 spiro atoms. The van der Waals surface area contributed by atoms with Crippen LogP contribution in [0.2, 0.25) is 10.0 Å². The Labute approximate surface area is 173 Å². The van der Waals surface area contributed by atoms with Crippen molar-refractivity contribution in [3.05, 3.63) is 63.9 Å². The van der Waals surface area contributed by atoms with Crippen molar-refractivity contribution in [1.82, 2.24) is 14.9 Å². The van der Waals surface area contributed by atoms with Gasteiger partial charge in [0.25, 0.3) is 0 Å². The van der Waals surface area contributed by atoms with E-state index in [1.807, 2.05) is 49.4 Å². The van der Waals surface area contributed by atoms with Crippen LogP contribution in [-0.2, 0) is 16.1 Å². The second kappa shape index (κ2) is 8.11. The first-order valence-corrected chi connectivity index (χ1v) is 10.1. The van der Waals surface area contributed by atoms with Crippen molar-refractivity contribution in [3.8, 4) is 0 Å². The van der Waals surface area contributed by atoms with Gasteiger partial charge in [-0.05, 0) is 44.0 Å². The zero-order chi connectivity index (χ0) is 19.7.